The highest BCUT2D eigenvalue weighted by Crippen LogP contribution is 2.31. The zero-order valence-corrected chi connectivity index (χ0v) is 13.3. The quantitative estimate of drug-likeness (QED) is 0.655. The Morgan fingerprint density at radius 3 is 2.12 bits per heavy atom. The Bertz CT molecular complexity index is 332. The Labute approximate surface area is 115 Å². The lowest BCUT2D eigenvalue weighted by molar-refractivity contribution is 0.246. The highest BCUT2D eigenvalue weighted by atomic mass is 79.9. The second-order valence-corrected chi connectivity index (χ2v) is 7.58. The van der Waals surface area contributed by atoms with E-state index in [9.17, 15) is 0 Å². The van der Waals surface area contributed by atoms with E-state index in [-0.39, 0.29) is 0 Å². The third-order valence-corrected chi connectivity index (χ3v) is 4.36. The topological polar surface area (TPSA) is 0 Å². The smallest absolute Gasteiger partial charge is 0.0188 e. The van der Waals surface area contributed by atoms with E-state index in [1.54, 1.807) is 0 Å². The molecule has 0 spiro atoms. The molecule has 1 aromatic rings. The van der Waals surface area contributed by atoms with Gasteiger partial charge in [-0.15, -0.1) is 0 Å². The molecule has 0 saturated carbocycles. The predicted octanol–water partition coefficient (Wildman–Crippen LogP) is 5.37. The SMILES string of the molecule is Cc1ccc(CC(Br)CC(C)C(C)(C)C)cc1. The molecule has 1 heteroatoms. The van der Waals surface area contributed by atoms with E-state index >= 15 is 0 Å². The average molecular weight is 297 g/mol. The molecule has 0 N–H and O–H groups in total. The molecule has 0 saturated heterocycles. The van der Waals surface area contributed by atoms with Crippen molar-refractivity contribution in [1.29, 1.82) is 0 Å². The Morgan fingerprint density at radius 1 is 1.12 bits per heavy atom. The molecule has 0 heterocycles. The molecule has 2 atom stereocenters. The van der Waals surface area contributed by atoms with Crippen LogP contribution in [0.1, 0.15) is 45.2 Å². The molecule has 0 aromatic heterocycles. The van der Waals surface area contributed by atoms with Gasteiger partial charge in [-0.3, -0.25) is 0 Å². The van der Waals surface area contributed by atoms with Crippen LogP contribution in [0.5, 0.6) is 0 Å². The fourth-order valence-electron chi connectivity index (χ4n) is 1.80. The third-order valence-electron chi connectivity index (χ3n) is 3.67. The molecule has 0 aliphatic rings. The van der Waals surface area contributed by atoms with Crippen LogP contribution in [0.2, 0.25) is 0 Å². The van der Waals surface area contributed by atoms with Gasteiger partial charge in [-0.25, -0.2) is 0 Å². The predicted molar refractivity (Wildman–Crippen MR) is 80.8 cm³/mol. The van der Waals surface area contributed by atoms with E-state index in [0.29, 0.717) is 10.2 Å². The first-order valence-corrected chi connectivity index (χ1v) is 7.40. The number of aryl methyl sites for hydroxylation is 1. The average Bonchev–Trinajstić information content (AvgIpc) is 2.20. The van der Waals surface area contributed by atoms with Crippen molar-refractivity contribution < 1.29 is 0 Å². The van der Waals surface area contributed by atoms with E-state index in [0.717, 1.165) is 12.3 Å². The van der Waals surface area contributed by atoms with Gasteiger partial charge in [0, 0.05) is 4.83 Å². The van der Waals surface area contributed by atoms with Crippen molar-refractivity contribution in [2.75, 3.05) is 0 Å². The Balaban J connectivity index is 2.50. The first kappa shape index (κ1) is 14.8. The summed E-state index contributed by atoms with van der Waals surface area (Å²) < 4.78 is 0. The van der Waals surface area contributed by atoms with Gasteiger partial charge >= 0.3 is 0 Å². The van der Waals surface area contributed by atoms with Crippen molar-refractivity contribution in [3.05, 3.63) is 35.4 Å². The fraction of sp³-hybridized carbons (Fsp3) is 0.625. The van der Waals surface area contributed by atoms with Crippen LogP contribution >= 0.6 is 15.9 Å². The van der Waals surface area contributed by atoms with Crippen molar-refractivity contribution in [1.82, 2.24) is 0 Å². The maximum Gasteiger partial charge on any atom is 0.0188 e. The maximum absolute atomic E-state index is 3.83. The minimum Gasteiger partial charge on any atom is -0.0887 e. The third kappa shape index (κ3) is 5.25. The molecule has 0 amide bonds. The summed E-state index contributed by atoms with van der Waals surface area (Å²) in [6, 6.07) is 8.88. The number of benzene rings is 1. The Hall–Kier alpha value is -0.300. The molecule has 1 rings (SSSR count). The van der Waals surface area contributed by atoms with Crippen molar-refractivity contribution >= 4 is 15.9 Å². The molecule has 0 bridgehead atoms. The molecule has 17 heavy (non-hydrogen) atoms. The number of rotatable bonds is 4. The first-order valence-electron chi connectivity index (χ1n) is 6.48. The van der Waals surface area contributed by atoms with Crippen LogP contribution in [0.4, 0.5) is 0 Å². The lowest BCUT2D eigenvalue weighted by Crippen LogP contribution is -2.21. The summed E-state index contributed by atoms with van der Waals surface area (Å²) >= 11 is 3.83. The van der Waals surface area contributed by atoms with Crippen LogP contribution in [-0.2, 0) is 6.42 Å². The second-order valence-electron chi connectivity index (χ2n) is 6.29. The Morgan fingerprint density at radius 2 is 1.65 bits per heavy atom. The van der Waals surface area contributed by atoms with E-state index in [1.165, 1.54) is 17.5 Å². The highest BCUT2D eigenvalue weighted by molar-refractivity contribution is 9.09. The maximum atomic E-state index is 3.83. The number of alkyl halides is 1. The minimum absolute atomic E-state index is 0.402. The molecular formula is C16H25Br. The Kier molecular flexibility index (Phi) is 5.24. The molecule has 0 aliphatic carbocycles. The van der Waals surface area contributed by atoms with Crippen LogP contribution in [0, 0.1) is 18.3 Å². The zero-order valence-electron chi connectivity index (χ0n) is 11.8. The standard InChI is InChI=1S/C16H25Br/c1-12-6-8-14(9-7-12)11-15(17)10-13(2)16(3,4)5/h6-9,13,15H,10-11H2,1-5H3. The summed E-state index contributed by atoms with van der Waals surface area (Å²) in [5.41, 5.74) is 3.17. The zero-order chi connectivity index (χ0) is 13.1. The molecule has 0 fully saturated rings. The van der Waals surface area contributed by atoms with Crippen LogP contribution in [0.15, 0.2) is 24.3 Å². The van der Waals surface area contributed by atoms with Crippen LogP contribution in [0.25, 0.3) is 0 Å². The summed E-state index contributed by atoms with van der Waals surface area (Å²) in [5.74, 6) is 0.734. The summed E-state index contributed by atoms with van der Waals surface area (Å²) in [6.45, 7) is 11.5. The van der Waals surface area contributed by atoms with E-state index in [1.807, 2.05) is 0 Å². The van der Waals surface area contributed by atoms with Gasteiger partial charge in [0.25, 0.3) is 0 Å². The highest BCUT2D eigenvalue weighted by Gasteiger charge is 2.22. The van der Waals surface area contributed by atoms with E-state index in [4.69, 9.17) is 0 Å². The van der Waals surface area contributed by atoms with Crippen LogP contribution < -0.4 is 0 Å². The largest absolute Gasteiger partial charge is 0.0887 e. The summed E-state index contributed by atoms with van der Waals surface area (Å²) in [7, 11) is 0. The van der Waals surface area contributed by atoms with E-state index in [2.05, 4.69) is 74.8 Å². The normalized spacial score (nSPS) is 15.6. The molecule has 2 unspecified atom stereocenters. The van der Waals surface area contributed by atoms with Crippen molar-refractivity contribution in [2.45, 2.75) is 52.3 Å². The fourth-order valence-corrected chi connectivity index (χ4v) is 2.73. The molecular weight excluding hydrogens is 272 g/mol. The van der Waals surface area contributed by atoms with Crippen LogP contribution in [-0.4, -0.2) is 4.83 Å². The van der Waals surface area contributed by atoms with Crippen molar-refractivity contribution in [2.24, 2.45) is 11.3 Å². The molecule has 0 nitrogen and oxygen atoms in total. The number of hydrogen-bond acceptors (Lipinski definition) is 0. The van der Waals surface area contributed by atoms with Gasteiger partial charge in [0.2, 0.25) is 0 Å². The van der Waals surface area contributed by atoms with Gasteiger partial charge in [0.15, 0.2) is 0 Å². The summed E-state index contributed by atoms with van der Waals surface area (Å²) in [5, 5.41) is 0. The monoisotopic (exact) mass is 296 g/mol. The number of hydrogen-bond donors (Lipinski definition) is 0. The van der Waals surface area contributed by atoms with Gasteiger partial charge < -0.3 is 0 Å². The first-order chi connectivity index (χ1) is 7.79. The van der Waals surface area contributed by atoms with Crippen molar-refractivity contribution in [3.8, 4) is 0 Å². The molecule has 1 aromatic carbocycles. The lowest BCUT2D eigenvalue weighted by atomic mass is 9.79. The lowest BCUT2D eigenvalue weighted by Gasteiger charge is -2.29. The minimum atomic E-state index is 0.402. The van der Waals surface area contributed by atoms with Crippen molar-refractivity contribution in [3.63, 3.8) is 0 Å². The van der Waals surface area contributed by atoms with Gasteiger partial charge in [-0.1, -0.05) is 73.5 Å². The second kappa shape index (κ2) is 6.04. The van der Waals surface area contributed by atoms with Gasteiger partial charge in [-0.2, -0.15) is 0 Å². The molecule has 0 radical (unpaired) electrons. The van der Waals surface area contributed by atoms with Gasteiger partial charge in [0.1, 0.15) is 0 Å². The molecule has 0 aliphatic heterocycles. The van der Waals surface area contributed by atoms with E-state index < -0.39 is 0 Å². The van der Waals surface area contributed by atoms with Gasteiger partial charge in [-0.05, 0) is 36.7 Å². The molecule has 96 valence electrons. The van der Waals surface area contributed by atoms with Gasteiger partial charge in [0.05, 0.1) is 0 Å². The number of halogens is 1. The summed E-state index contributed by atoms with van der Waals surface area (Å²) in [4.78, 5) is 0.583. The summed E-state index contributed by atoms with van der Waals surface area (Å²) in [6.07, 6.45) is 2.36. The van der Waals surface area contributed by atoms with Crippen LogP contribution in [0.3, 0.4) is 0 Å².